The Morgan fingerprint density at radius 2 is 2.21 bits per heavy atom. The van der Waals surface area contributed by atoms with Crippen LogP contribution in [0, 0.1) is 5.92 Å². The lowest BCUT2D eigenvalue weighted by Gasteiger charge is -2.22. The van der Waals surface area contributed by atoms with Crippen molar-refractivity contribution in [2.75, 3.05) is 19.6 Å². The standard InChI is InChI=1S/C15H22N2O2/c18-14(9-12-5-2-1-3-6-12)11-17-15(19)13-7-4-8-16-10-13/h1-3,5-6,13-14,16,18H,4,7-11H2,(H,17,19). The molecule has 4 nitrogen and oxygen atoms in total. The van der Waals surface area contributed by atoms with E-state index in [2.05, 4.69) is 10.6 Å². The number of hydrogen-bond acceptors (Lipinski definition) is 3. The molecule has 2 unspecified atom stereocenters. The minimum atomic E-state index is -0.525. The number of aliphatic hydroxyl groups is 1. The highest BCUT2D eigenvalue weighted by Crippen LogP contribution is 2.09. The SMILES string of the molecule is O=C(NCC(O)Cc1ccccc1)C1CCCNC1. The van der Waals surface area contributed by atoms with Crippen molar-refractivity contribution in [3.05, 3.63) is 35.9 Å². The summed E-state index contributed by atoms with van der Waals surface area (Å²) in [5, 5.41) is 16.0. The van der Waals surface area contributed by atoms with Crippen LogP contribution in [0.25, 0.3) is 0 Å². The van der Waals surface area contributed by atoms with Gasteiger partial charge in [-0.3, -0.25) is 4.79 Å². The van der Waals surface area contributed by atoms with Crippen LogP contribution in [-0.2, 0) is 11.2 Å². The molecule has 0 radical (unpaired) electrons. The van der Waals surface area contributed by atoms with Gasteiger partial charge in [0.05, 0.1) is 12.0 Å². The Bertz CT molecular complexity index is 388. The average molecular weight is 262 g/mol. The molecular formula is C15H22N2O2. The fourth-order valence-corrected chi connectivity index (χ4v) is 2.40. The number of aliphatic hydroxyl groups excluding tert-OH is 1. The summed E-state index contributed by atoms with van der Waals surface area (Å²) >= 11 is 0. The smallest absolute Gasteiger partial charge is 0.224 e. The third-order valence-corrected chi connectivity index (χ3v) is 3.49. The second-order valence-electron chi connectivity index (χ2n) is 5.13. The zero-order valence-electron chi connectivity index (χ0n) is 11.1. The van der Waals surface area contributed by atoms with E-state index < -0.39 is 6.10 Å². The van der Waals surface area contributed by atoms with Crippen LogP contribution < -0.4 is 10.6 Å². The molecule has 104 valence electrons. The molecule has 1 aliphatic rings. The van der Waals surface area contributed by atoms with E-state index in [1.54, 1.807) is 0 Å². The molecule has 1 aliphatic heterocycles. The Hall–Kier alpha value is -1.39. The first-order valence-corrected chi connectivity index (χ1v) is 6.96. The van der Waals surface area contributed by atoms with E-state index in [0.29, 0.717) is 13.0 Å². The molecule has 1 amide bonds. The van der Waals surface area contributed by atoms with Crippen LogP contribution in [0.3, 0.4) is 0 Å². The molecule has 2 rings (SSSR count). The van der Waals surface area contributed by atoms with Crippen LogP contribution in [0.15, 0.2) is 30.3 Å². The summed E-state index contributed by atoms with van der Waals surface area (Å²) in [7, 11) is 0. The lowest BCUT2D eigenvalue weighted by molar-refractivity contribution is -0.125. The van der Waals surface area contributed by atoms with Gasteiger partial charge in [-0.15, -0.1) is 0 Å². The minimum Gasteiger partial charge on any atom is -0.391 e. The molecule has 0 aliphatic carbocycles. The van der Waals surface area contributed by atoms with E-state index in [1.807, 2.05) is 30.3 Å². The second-order valence-corrected chi connectivity index (χ2v) is 5.13. The van der Waals surface area contributed by atoms with Gasteiger partial charge in [-0.1, -0.05) is 30.3 Å². The van der Waals surface area contributed by atoms with Gasteiger partial charge in [0, 0.05) is 19.5 Å². The largest absolute Gasteiger partial charge is 0.391 e. The van der Waals surface area contributed by atoms with Crippen LogP contribution in [0.5, 0.6) is 0 Å². The van der Waals surface area contributed by atoms with Crippen molar-refractivity contribution < 1.29 is 9.90 Å². The lowest BCUT2D eigenvalue weighted by Crippen LogP contribution is -2.43. The Balaban J connectivity index is 1.71. The van der Waals surface area contributed by atoms with Crippen LogP contribution in [0.2, 0.25) is 0 Å². The fraction of sp³-hybridized carbons (Fsp3) is 0.533. The molecule has 0 saturated carbocycles. The van der Waals surface area contributed by atoms with Crippen LogP contribution in [0.4, 0.5) is 0 Å². The molecule has 0 aromatic heterocycles. The summed E-state index contributed by atoms with van der Waals surface area (Å²) in [6.07, 6.45) is 2.03. The summed E-state index contributed by atoms with van der Waals surface area (Å²) in [5.41, 5.74) is 1.09. The van der Waals surface area contributed by atoms with E-state index in [-0.39, 0.29) is 11.8 Å². The van der Waals surface area contributed by atoms with E-state index in [1.165, 1.54) is 0 Å². The topological polar surface area (TPSA) is 61.4 Å². The number of amides is 1. The molecule has 3 N–H and O–H groups in total. The quantitative estimate of drug-likeness (QED) is 0.732. The zero-order valence-corrected chi connectivity index (χ0v) is 11.1. The number of carbonyl (C=O) groups excluding carboxylic acids is 1. The van der Waals surface area contributed by atoms with Crippen molar-refractivity contribution in [2.24, 2.45) is 5.92 Å². The molecule has 2 atom stereocenters. The Kier molecular flexibility index (Phi) is 5.36. The number of hydrogen-bond donors (Lipinski definition) is 3. The predicted octanol–water partition coefficient (Wildman–Crippen LogP) is 0.706. The van der Waals surface area contributed by atoms with Gasteiger partial charge in [0.1, 0.15) is 0 Å². The highest BCUT2D eigenvalue weighted by atomic mass is 16.3. The van der Waals surface area contributed by atoms with Gasteiger partial charge in [0.25, 0.3) is 0 Å². The van der Waals surface area contributed by atoms with Gasteiger partial charge in [-0.25, -0.2) is 0 Å². The van der Waals surface area contributed by atoms with E-state index in [4.69, 9.17) is 0 Å². The normalized spacial score (nSPS) is 20.8. The number of rotatable bonds is 5. The Morgan fingerprint density at radius 3 is 2.89 bits per heavy atom. The first-order chi connectivity index (χ1) is 9.25. The highest BCUT2D eigenvalue weighted by molar-refractivity contribution is 5.78. The minimum absolute atomic E-state index is 0.0534. The van der Waals surface area contributed by atoms with E-state index in [0.717, 1.165) is 31.5 Å². The average Bonchev–Trinajstić information content (AvgIpc) is 2.47. The first kappa shape index (κ1) is 14.0. The highest BCUT2D eigenvalue weighted by Gasteiger charge is 2.21. The maximum Gasteiger partial charge on any atom is 0.224 e. The van der Waals surface area contributed by atoms with Crippen LogP contribution in [0.1, 0.15) is 18.4 Å². The zero-order chi connectivity index (χ0) is 13.5. The summed E-state index contributed by atoms with van der Waals surface area (Å²) in [5.74, 6) is 0.108. The molecule has 19 heavy (non-hydrogen) atoms. The number of piperidine rings is 1. The molecule has 1 aromatic carbocycles. The summed E-state index contributed by atoms with van der Waals surface area (Å²) in [4.78, 5) is 11.9. The van der Waals surface area contributed by atoms with Crippen molar-refractivity contribution in [1.82, 2.24) is 10.6 Å². The predicted molar refractivity (Wildman–Crippen MR) is 74.8 cm³/mol. The summed E-state index contributed by atoms with van der Waals surface area (Å²) < 4.78 is 0. The lowest BCUT2D eigenvalue weighted by atomic mass is 9.98. The fourth-order valence-electron chi connectivity index (χ4n) is 2.40. The third kappa shape index (κ3) is 4.65. The first-order valence-electron chi connectivity index (χ1n) is 6.96. The van der Waals surface area contributed by atoms with Crippen molar-refractivity contribution in [3.8, 4) is 0 Å². The van der Waals surface area contributed by atoms with Crippen molar-refractivity contribution >= 4 is 5.91 Å². The van der Waals surface area contributed by atoms with Gasteiger partial charge in [0.15, 0.2) is 0 Å². The van der Waals surface area contributed by atoms with Gasteiger partial charge in [-0.05, 0) is 24.9 Å². The molecule has 0 bridgehead atoms. The summed E-state index contributed by atoms with van der Waals surface area (Å²) in [6.45, 7) is 2.07. The van der Waals surface area contributed by atoms with Crippen LogP contribution >= 0.6 is 0 Å². The number of nitrogens with one attached hydrogen (secondary N) is 2. The molecular weight excluding hydrogens is 240 g/mol. The number of benzene rings is 1. The maximum atomic E-state index is 11.9. The Labute approximate surface area is 114 Å². The van der Waals surface area contributed by atoms with E-state index >= 15 is 0 Å². The molecule has 4 heteroatoms. The summed E-state index contributed by atoms with van der Waals surface area (Å²) in [6, 6.07) is 9.82. The number of carbonyl (C=O) groups is 1. The van der Waals surface area contributed by atoms with E-state index in [9.17, 15) is 9.90 Å². The second kappa shape index (κ2) is 7.26. The molecule has 0 spiro atoms. The molecule has 1 aromatic rings. The maximum absolute atomic E-state index is 11.9. The van der Waals surface area contributed by atoms with Gasteiger partial charge >= 0.3 is 0 Å². The van der Waals surface area contributed by atoms with Crippen molar-refractivity contribution in [1.29, 1.82) is 0 Å². The van der Waals surface area contributed by atoms with Crippen molar-refractivity contribution in [3.63, 3.8) is 0 Å². The Morgan fingerprint density at radius 1 is 1.42 bits per heavy atom. The third-order valence-electron chi connectivity index (χ3n) is 3.49. The van der Waals surface area contributed by atoms with Crippen molar-refractivity contribution in [2.45, 2.75) is 25.4 Å². The van der Waals surface area contributed by atoms with Gasteiger partial charge < -0.3 is 15.7 Å². The van der Waals surface area contributed by atoms with Gasteiger partial charge in [-0.2, -0.15) is 0 Å². The van der Waals surface area contributed by atoms with Gasteiger partial charge in [0.2, 0.25) is 5.91 Å². The molecule has 1 fully saturated rings. The van der Waals surface area contributed by atoms with Crippen LogP contribution in [-0.4, -0.2) is 36.8 Å². The monoisotopic (exact) mass is 262 g/mol. The molecule has 1 saturated heterocycles. The molecule has 1 heterocycles.